The van der Waals surface area contributed by atoms with E-state index >= 15 is 0 Å². The summed E-state index contributed by atoms with van der Waals surface area (Å²) in [5, 5.41) is 0. The van der Waals surface area contributed by atoms with Crippen LogP contribution in [0.15, 0.2) is 0 Å². The molecule has 0 aromatic rings. The van der Waals surface area contributed by atoms with Crippen molar-refractivity contribution in [2.45, 2.75) is 64.6 Å². The van der Waals surface area contributed by atoms with Gasteiger partial charge < -0.3 is 9.64 Å². The molecule has 0 aromatic heterocycles. The van der Waals surface area contributed by atoms with Gasteiger partial charge in [0.05, 0.1) is 11.5 Å². The zero-order valence-corrected chi connectivity index (χ0v) is 12.3. The summed E-state index contributed by atoms with van der Waals surface area (Å²) in [6.07, 6.45) is 5.21. The van der Waals surface area contributed by atoms with Crippen LogP contribution in [0.1, 0.15) is 53.4 Å². The molecule has 3 nitrogen and oxygen atoms in total. The van der Waals surface area contributed by atoms with Gasteiger partial charge >= 0.3 is 0 Å². The van der Waals surface area contributed by atoms with Crippen molar-refractivity contribution in [2.75, 3.05) is 19.6 Å². The molecule has 0 spiro atoms. The van der Waals surface area contributed by atoms with Gasteiger partial charge in [-0.3, -0.25) is 4.79 Å². The monoisotopic (exact) mass is 253 g/mol. The topological polar surface area (TPSA) is 29.5 Å². The van der Waals surface area contributed by atoms with Gasteiger partial charge in [0.25, 0.3) is 0 Å². The number of rotatable bonds is 2. The highest BCUT2D eigenvalue weighted by Gasteiger charge is 2.53. The van der Waals surface area contributed by atoms with Gasteiger partial charge in [0.15, 0.2) is 5.78 Å². The van der Waals surface area contributed by atoms with E-state index in [4.69, 9.17) is 4.74 Å². The van der Waals surface area contributed by atoms with Crippen LogP contribution in [0.2, 0.25) is 0 Å². The van der Waals surface area contributed by atoms with Crippen molar-refractivity contribution in [1.82, 2.24) is 4.90 Å². The quantitative estimate of drug-likeness (QED) is 0.757. The van der Waals surface area contributed by atoms with Crippen molar-refractivity contribution in [1.29, 1.82) is 0 Å². The van der Waals surface area contributed by atoms with Crippen LogP contribution in [0.25, 0.3) is 0 Å². The zero-order valence-electron chi connectivity index (χ0n) is 12.3. The number of carbonyl (C=O) groups excluding carboxylic acids is 1. The van der Waals surface area contributed by atoms with Gasteiger partial charge in [-0.25, -0.2) is 0 Å². The molecule has 0 aromatic carbocycles. The van der Waals surface area contributed by atoms with E-state index in [1.165, 1.54) is 25.7 Å². The van der Waals surface area contributed by atoms with Crippen LogP contribution in [0.4, 0.5) is 0 Å². The number of hydrogen-bond donors (Lipinski definition) is 0. The Hall–Kier alpha value is -0.410. The fourth-order valence-corrected chi connectivity index (χ4v) is 3.39. The van der Waals surface area contributed by atoms with Crippen molar-refractivity contribution < 1.29 is 9.53 Å². The number of ether oxygens (including phenoxy) is 1. The second kappa shape index (κ2) is 4.93. The van der Waals surface area contributed by atoms with E-state index < -0.39 is 5.60 Å². The number of carbonyl (C=O) groups is 1. The summed E-state index contributed by atoms with van der Waals surface area (Å²) in [7, 11) is 0. The molecule has 0 N–H and O–H groups in total. The Morgan fingerprint density at radius 1 is 1.11 bits per heavy atom. The normalized spacial score (nSPS) is 32.4. The molecular formula is C15H27NO2. The lowest BCUT2D eigenvalue weighted by atomic mass is 9.85. The summed E-state index contributed by atoms with van der Waals surface area (Å²) in [5.41, 5.74) is -0.938. The molecule has 0 saturated carbocycles. The molecule has 2 saturated heterocycles. The summed E-state index contributed by atoms with van der Waals surface area (Å²) < 4.78 is 5.96. The lowest BCUT2D eigenvalue weighted by molar-refractivity contribution is -0.132. The first kappa shape index (κ1) is 14.0. The highest BCUT2D eigenvalue weighted by atomic mass is 16.5. The first-order valence-corrected chi connectivity index (χ1v) is 7.30. The lowest BCUT2D eigenvalue weighted by Gasteiger charge is -2.30. The fourth-order valence-electron chi connectivity index (χ4n) is 3.39. The van der Waals surface area contributed by atoms with E-state index in [2.05, 4.69) is 18.7 Å². The molecule has 104 valence electrons. The first-order valence-electron chi connectivity index (χ1n) is 7.30. The first-order chi connectivity index (χ1) is 8.33. The molecule has 1 unspecified atom stereocenters. The molecule has 0 amide bonds. The van der Waals surface area contributed by atoms with E-state index in [0.29, 0.717) is 0 Å². The van der Waals surface area contributed by atoms with Crippen molar-refractivity contribution in [3.8, 4) is 0 Å². The van der Waals surface area contributed by atoms with Gasteiger partial charge in [-0.15, -0.1) is 0 Å². The molecule has 1 atom stereocenters. The van der Waals surface area contributed by atoms with Gasteiger partial charge in [0, 0.05) is 6.54 Å². The van der Waals surface area contributed by atoms with E-state index in [1.54, 1.807) is 0 Å². The molecule has 2 heterocycles. The second-order valence-electron chi connectivity index (χ2n) is 6.85. The number of likely N-dealkylation sites (tertiary alicyclic amines) is 1. The van der Waals surface area contributed by atoms with Gasteiger partial charge in [-0.1, -0.05) is 12.8 Å². The van der Waals surface area contributed by atoms with Crippen LogP contribution in [-0.4, -0.2) is 41.5 Å². The third-order valence-corrected chi connectivity index (χ3v) is 4.41. The Morgan fingerprint density at radius 2 is 1.67 bits per heavy atom. The van der Waals surface area contributed by atoms with E-state index in [0.717, 1.165) is 19.6 Å². The Labute approximate surface area is 111 Å². The van der Waals surface area contributed by atoms with Crippen LogP contribution < -0.4 is 0 Å². The molecule has 2 aliphatic rings. The van der Waals surface area contributed by atoms with Crippen LogP contribution in [0.5, 0.6) is 0 Å². The molecule has 0 aliphatic carbocycles. The molecule has 18 heavy (non-hydrogen) atoms. The second-order valence-corrected chi connectivity index (χ2v) is 6.85. The minimum absolute atomic E-state index is 0.0191. The van der Waals surface area contributed by atoms with Crippen LogP contribution in [-0.2, 0) is 9.53 Å². The van der Waals surface area contributed by atoms with E-state index in [-0.39, 0.29) is 17.3 Å². The van der Waals surface area contributed by atoms with Crippen molar-refractivity contribution in [2.24, 2.45) is 5.92 Å². The minimum Gasteiger partial charge on any atom is -0.361 e. The Balaban J connectivity index is 2.05. The average Bonchev–Trinajstić information content (AvgIpc) is 2.49. The number of hydrogen-bond acceptors (Lipinski definition) is 3. The van der Waals surface area contributed by atoms with Crippen molar-refractivity contribution >= 4 is 5.78 Å². The van der Waals surface area contributed by atoms with Crippen molar-refractivity contribution in [3.63, 3.8) is 0 Å². The molecule has 2 aliphatic heterocycles. The molecular weight excluding hydrogens is 226 g/mol. The predicted octanol–water partition coefficient (Wildman–Crippen LogP) is 2.64. The highest BCUT2D eigenvalue weighted by molar-refractivity contribution is 5.91. The van der Waals surface area contributed by atoms with Gasteiger partial charge in [0.1, 0.15) is 5.60 Å². The summed E-state index contributed by atoms with van der Waals surface area (Å²) in [6, 6.07) is 0. The SMILES string of the molecule is CC1(C)OC(C)(C)C(CN2CCCCCC2)C1=O. The Bertz CT molecular complexity index is 314. The molecule has 3 heteroatoms. The van der Waals surface area contributed by atoms with Gasteiger partial charge in [-0.2, -0.15) is 0 Å². The van der Waals surface area contributed by atoms with Crippen LogP contribution in [0.3, 0.4) is 0 Å². The fraction of sp³-hybridized carbons (Fsp3) is 0.933. The largest absolute Gasteiger partial charge is 0.361 e. The molecule has 2 fully saturated rings. The number of Topliss-reactive ketones (excluding diaryl/α,β-unsaturated/α-hetero) is 1. The maximum Gasteiger partial charge on any atom is 0.171 e. The zero-order chi connectivity index (χ0) is 13.4. The number of nitrogens with zero attached hydrogens (tertiary/aromatic N) is 1. The minimum atomic E-state index is -0.611. The van der Waals surface area contributed by atoms with Gasteiger partial charge in [0.2, 0.25) is 0 Å². The summed E-state index contributed by atoms with van der Waals surface area (Å²) in [5.74, 6) is 0.294. The molecule has 0 radical (unpaired) electrons. The predicted molar refractivity (Wildman–Crippen MR) is 72.6 cm³/mol. The summed E-state index contributed by atoms with van der Waals surface area (Å²) >= 11 is 0. The number of ketones is 1. The highest BCUT2D eigenvalue weighted by Crippen LogP contribution is 2.39. The Morgan fingerprint density at radius 3 is 2.11 bits per heavy atom. The molecule has 2 rings (SSSR count). The van der Waals surface area contributed by atoms with Crippen LogP contribution >= 0.6 is 0 Å². The Kier molecular flexibility index (Phi) is 3.84. The lowest BCUT2D eigenvalue weighted by Crippen LogP contribution is -2.41. The third kappa shape index (κ3) is 2.77. The van der Waals surface area contributed by atoms with Crippen molar-refractivity contribution in [3.05, 3.63) is 0 Å². The molecule has 0 bridgehead atoms. The third-order valence-electron chi connectivity index (χ3n) is 4.41. The smallest absolute Gasteiger partial charge is 0.171 e. The average molecular weight is 253 g/mol. The maximum atomic E-state index is 12.5. The van der Waals surface area contributed by atoms with Crippen LogP contribution in [0, 0.1) is 5.92 Å². The summed E-state index contributed by atoms with van der Waals surface area (Å²) in [4.78, 5) is 14.9. The van der Waals surface area contributed by atoms with Gasteiger partial charge in [-0.05, 0) is 53.6 Å². The maximum absolute atomic E-state index is 12.5. The summed E-state index contributed by atoms with van der Waals surface area (Å²) in [6.45, 7) is 11.1. The standard InChI is InChI=1S/C15H27NO2/c1-14(2)12(13(17)15(3,4)18-14)11-16-9-7-5-6-8-10-16/h12H,5-11H2,1-4H3. The van der Waals surface area contributed by atoms with E-state index in [1.807, 2.05) is 13.8 Å². The van der Waals surface area contributed by atoms with E-state index in [9.17, 15) is 4.79 Å².